The van der Waals surface area contributed by atoms with Gasteiger partial charge in [-0.05, 0) is 74.2 Å². The fraction of sp³-hybridized carbons (Fsp3) is 0.286. The average Bonchev–Trinajstić information content (AvgIpc) is 3.19. The molecule has 1 unspecified atom stereocenters. The smallest absolute Gasteiger partial charge is 0.224 e. The molecule has 4 aromatic rings. The average molecular weight is 476 g/mol. The molecule has 5 nitrogen and oxygen atoms in total. The van der Waals surface area contributed by atoms with Crippen molar-refractivity contribution >= 4 is 28.5 Å². The number of fused-ring (bicyclic) bond motifs is 1. The summed E-state index contributed by atoms with van der Waals surface area (Å²) in [4.78, 5) is 17.5. The standard InChI is InChI=1S/C28H30ClN3O2/c1-20-8-7-9-24(18-20)34-17-6-5-16-32-26-11-4-3-10-25(26)31-28(32)21(2)30-27(33)19-22-12-14-23(29)15-13-22/h3-4,7-15,18,21H,5-6,16-17,19H2,1-2H3,(H,30,33). The Bertz CT molecular complexity index is 1250. The number of benzene rings is 3. The highest BCUT2D eigenvalue weighted by Gasteiger charge is 2.18. The minimum atomic E-state index is -0.212. The molecule has 0 bridgehead atoms. The van der Waals surface area contributed by atoms with Crippen LogP contribution in [0, 0.1) is 6.92 Å². The van der Waals surface area contributed by atoms with Crippen LogP contribution in [0.3, 0.4) is 0 Å². The molecule has 0 radical (unpaired) electrons. The van der Waals surface area contributed by atoms with E-state index >= 15 is 0 Å². The monoisotopic (exact) mass is 475 g/mol. The van der Waals surface area contributed by atoms with Crippen LogP contribution in [0.25, 0.3) is 11.0 Å². The summed E-state index contributed by atoms with van der Waals surface area (Å²) in [6, 6.07) is 23.4. The first-order chi connectivity index (χ1) is 16.5. The van der Waals surface area contributed by atoms with Gasteiger partial charge in [-0.3, -0.25) is 4.79 Å². The van der Waals surface area contributed by atoms with Gasteiger partial charge in [-0.2, -0.15) is 0 Å². The van der Waals surface area contributed by atoms with E-state index in [2.05, 4.69) is 35.0 Å². The molecular formula is C28H30ClN3O2. The molecular weight excluding hydrogens is 446 g/mol. The second-order valence-electron chi connectivity index (χ2n) is 8.57. The highest BCUT2D eigenvalue weighted by molar-refractivity contribution is 6.30. The van der Waals surface area contributed by atoms with Crippen molar-refractivity contribution in [2.45, 2.75) is 45.7 Å². The molecule has 34 heavy (non-hydrogen) atoms. The topological polar surface area (TPSA) is 56.1 Å². The van der Waals surface area contributed by atoms with Crippen molar-refractivity contribution in [1.82, 2.24) is 14.9 Å². The van der Waals surface area contributed by atoms with Gasteiger partial charge in [-0.1, -0.05) is 48.0 Å². The molecule has 0 spiro atoms. The Kier molecular flexibility index (Phi) is 7.86. The Hall–Kier alpha value is -3.31. The van der Waals surface area contributed by atoms with Gasteiger partial charge in [0.05, 0.1) is 30.1 Å². The summed E-state index contributed by atoms with van der Waals surface area (Å²) in [7, 11) is 0. The van der Waals surface area contributed by atoms with Crippen LogP contribution >= 0.6 is 11.6 Å². The first-order valence-corrected chi connectivity index (χ1v) is 12.1. The van der Waals surface area contributed by atoms with Crippen LogP contribution in [-0.2, 0) is 17.8 Å². The number of hydrogen-bond acceptors (Lipinski definition) is 3. The zero-order chi connectivity index (χ0) is 23.9. The number of nitrogens with one attached hydrogen (secondary N) is 1. The SMILES string of the molecule is Cc1cccc(OCCCCn2c(C(C)NC(=O)Cc3ccc(Cl)cc3)nc3ccccc32)c1. The first-order valence-electron chi connectivity index (χ1n) is 11.7. The molecule has 1 atom stereocenters. The second-order valence-corrected chi connectivity index (χ2v) is 9.01. The molecule has 0 aliphatic carbocycles. The maximum atomic E-state index is 12.7. The van der Waals surface area contributed by atoms with E-state index in [-0.39, 0.29) is 11.9 Å². The molecule has 0 aliphatic rings. The third-order valence-corrected chi connectivity index (χ3v) is 6.01. The van der Waals surface area contributed by atoms with Gasteiger partial charge in [0, 0.05) is 11.6 Å². The van der Waals surface area contributed by atoms with Gasteiger partial charge in [0.2, 0.25) is 5.91 Å². The lowest BCUT2D eigenvalue weighted by Gasteiger charge is -2.17. The number of hydrogen-bond donors (Lipinski definition) is 1. The van der Waals surface area contributed by atoms with Gasteiger partial charge in [0.25, 0.3) is 0 Å². The summed E-state index contributed by atoms with van der Waals surface area (Å²) in [5.41, 5.74) is 4.14. The van der Waals surface area contributed by atoms with Crippen molar-refractivity contribution in [3.8, 4) is 5.75 Å². The molecule has 1 amide bonds. The van der Waals surface area contributed by atoms with Crippen LogP contribution in [0.15, 0.2) is 72.8 Å². The Morgan fingerprint density at radius 3 is 2.65 bits per heavy atom. The summed E-state index contributed by atoms with van der Waals surface area (Å²) in [6.45, 7) is 5.52. The number of carbonyl (C=O) groups excluding carboxylic acids is 1. The molecule has 0 fully saturated rings. The lowest BCUT2D eigenvalue weighted by atomic mass is 10.1. The third kappa shape index (κ3) is 6.17. The van der Waals surface area contributed by atoms with E-state index in [1.165, 1.54) is 5.56 Å². The molecule has 1 heterocycles. The first kappa shape index (κ1) is 23.8. The van der Waals surface area contributed by atoms with Gasteiger partial charge in [-0.15, -0.1) is 0 Å². The van der Waals surface area contributed by atoms with E-state index in [0.717, 1.165) is 47.6 Å². The highest BCUT2D eigenvalue weighted by atomic mass is 35.5. The lowest BCUT2D eigenvalue weighted by molar-refractivity contribution is -0.121. The molecule has 6 heteroatoms. The molecule has 1 aromatic heterocycles. The van der Waals surface area contributed by atoms with Crippen LogP contribution in [0.1, 0.15) is 42.8 Å². The zero-order valence-electron chi connectivity index (χ0n) is 19.6. The van der Waals surface area contributed by atoms with E-state index in [9.17, 15) is 4.79 Å². The van der Waals surface area contributed by atoms with Crippen molar-refractivity contribution in [3.63, 3.8) is 0 Å². The number of halogens is 1. The van der Waals surface area contributed by atoms with Crippen molar-refractivity contribution in [2.24, 2.45) is 0 Å². The number of imidazole rings is 1. The van der Waals surface area contributed by atoms with Crippen molar-refractivity contribution < 1.29 is 9.53 Å². The van der Waals surface area contributed by atoms with Crippen molar-refractivity contribution in [2.75, 3.05) is 6.61 Å². The van der Waals surface area contributed by atoms with Crippen LogP contribution in [0.2, 0.25) is 5.02 Å². The number of para-hydroxylation sites is 2. The summed E-state index contributed by atoms with van der Waals surface area (Å²) in [5, 5.41) is 3.77. The largest absolute Gasteiger partial charge is 0.494 e. The third-order valence-electron chi connectivity index (χ3n) is 5.76. The summed E-state index contributed by atoms with van der Waals surface area (Å²) in [6.07, 6.45) is 2.18. The van der Waals surface area contributed by atoms with Crippen molar-refractivity contribution in [3.05, 3.63) is 94.8 Å². The zero-order valence-corrected chi connectivity index (χ0v) is 20.4. The summed E-state index contributed by atoms with van der Waals surface area (Å²) in [5.74, 6) is 1.73. The molecule has 3 aromatic carbocycles. The van der Waals surface area contributed by atoms with Gasteiger partial charge < -0.3 is 14.6 Å². The van der Waals surface area contributed by atoms with E-state index in [0.29, 0.717) is 18.1 Å². The predicted octanol–water partition coefficient (Wildman–Crippen LogP) is 6.28. The molecule has 0 saturated heterocycles. The lowest BCUT2D eigenvalue weighted by Crippen LogP contribution is -2.30. The molecule has 4 rings (SSSR count). The number of carbonyl (C=O) groups is 1. The maximum absolute atomic E-state index is 12.7. The number of aromatic nitrogens is 2. The normalized spacial score (nSPS) is 12.0. The predicted molar refractivity (Wildman–Crippen MR) is 137 cm³/mol. The Morgan fingerprint density at radius 1 is 1.06 bits per heavy atom. The Balaban J connectivity index is 1.38. The van der Waals surface area contributed by atoms with Gasteiger partial charge in [0.1, 0.15) is 11.6 Å². The van der Waals surface area contributed by atoms with Gasteiger partial charge in [-0.25, -0.2) is 4.98 Å². The van der Waals surface area contributed by atoms with Gasteiger partial charge >= 0.3 is 0 Å². The van der Waals surface area contributed by atoms with E-state index in [1.54, 1.807) is 12.1 Å². The number of ether oxygens (including phenoxy) is 1. The minimum absolute atomic E-state index is 0.0417. The van der Waals surface area contributed by atoms with E-state index < -0.39 is 0 Å². The number of unbranched alkanes of at least 4 members (excludes halogenated alkanes) is 1. The fourth-order valence-electron chi connectivity index (χ4n) is 4.07. The van der Waals surface area contributed by atoms with Crippen LogP contribution in [-0.4, -0.2) is 22.1 Å². The van der Waals surface area contributed by atoms with E-state index in [4.69, 9.17) is 21.3 Å². The summed E-state index contributed by atoms with van der Waals surface area (Å²) >= 11 is 5.95. The van der Waals surface area contributed by atoms with Gasteiger partial charge in [0.15, 0.2) is 0 Å². The number of rotatable bonds is 10. The molecule has 0 aliphatic heterocycles. The number of aryl methyl sites for hydroxylation is 2. The van der Waals surface area contributed by atoms with Crippen LogP contribution in [0.4, 0.5) is 0 Å². The quantitative estimate of drug-likeness (QED) is 0.275. The number of nitrogens with zero attached hydrogens (tertiary/aromatic N) is 2. The van der Waals surface area contributed by atoms with Crippen molar-refractivity contribution in [1.29, 1.82) is 0 Å². The van der Waals surface area contributed by atoms with Crippen LogP contribution in [0.5, 0.6) is 5.75 Å². The molecule has 176 valence electrons. The maximum Gasteiger partial charge on any atom is 0.224 e. The molecule has 0 saturated carbocycles. The van der Waals surface area contributed by atoms with Crippen LogP contribution < -0.4 is 10.1 Å². The molecule has 1 N–H and O–H groups in total. The second kappa shape index (κ2) is 11.2. The Labute approximate surface area is 205 Å². The fourth-order valence-corrected chi connectivity index (χ4v) is 4.20. The highest BCUT2D eigenvalue weighted by Crippen LogP contribution is 2.22. The minimum Gasteiger partial charge on any atom is -0.494 e. The number of amides is 1. The van der Waals surface area contributed by atoms with E-state index in [1.807, 2.05) is 49.4 Å². The summed E-state index contributed by atoms with van der Waals surface area (Å²) < 4.78 is 8.12. The Morgan fingerprint density at radius 2 is 1.85 bits per heavy atom.